The third kappa shape index (κ3) is 2.65. The molecule has 1 aromatic rings. The maximum absolute atomic E-state index is 13.1. The van der Waals surface area contributed by atoms with Crippen LogP contribution in [0, 0.1) is 6.92 Å². The number of alkyl halides is 2. The molecule has 1 aromatic heterocycles. The van der Waals surface area contributed by atoms with Crippen molar-refractivity contribution in [1.82, 2.24) is 25.4 Å². The van der Waals surface area contributed by atoms with Gasteiger partial charge in [0.15, 0.2) is 0 Å². The summed E-state index contributed by atoms with van der Waals surface area (Å²) in [6, 6.07) is -0.879. The zero-order valence-electron chi connectivity index (χ0n) is 11.2. The van der Waals surface area contributed by atoms with E-state index in [2.05, 4.69) is 20.7 Å². The minimum Gasteiger partial charge on any atom is -0.350 e. The van der Waals surface area contributed by atoms with Crippen LogP contribution >= 0.6 is 0 Å². The molecule has 2 unspecified atom stereocenters. The smallest absolute Gasteiger partial charge is 0.262 e. The molecule has 0 aliphatic carbocycles. The first kappa shape index (κ1) is 13.4. The molecule has 1 saturated heterocycles. The minimum absolute atomic E-state index is 0.0767. The fraction of sp³-hybridized carbons (Fsp3) is 0.750. The van der Waals surface area contributed by atoms with Crippen LogP contribution in [0.25, 0.3) is 0 Å². The fourth-order valence-electron chi connectivity index (χ4n) is 2.75. The molecule has 3 rings (SSSR count). The Bertz CT molecular complexity index is 530. The summed E-state index contributed by atoms with van der Waals surface area (Å²) in [5.41, 5.74) is 0. The Kier molecular flexibility index (Phi) is 3.19. The molecule has 6 nitrogen and oxygen atoms in total. The Balaban J connectivity index is 1.58. The van der Waals surface area contributed by atoms with Gasteiger partial charge in [-0.3, -0.25) is 10.1 Å². The van der Waals surface area contributed by atoms with Gasteiger partial charge < -0.3 is 5.32 Å². The lowest BCUT2D eigenvalue weighted by atomic mass is 10.1. The molecular weight excluding hydrogens is 268 g/mol. The van der Waals surface area contributed by atoms with E-state index in [4.69, 9.17) is 0 Å². The van der Waals surface area contributed by atoms with Gasteiger partial charge in [-0.15, -0.1) is 0 Å². The zero-order valence-corrected chi connectivity index (χ0v) is 11.2. The SMILES string of the molecule is Cc1nc2n(n1)CC(NC(=O)C1CC(F)(F)CN1)CC2. The van der Waals surface area contributed by atoms with Crippen molar-refractivity contribution in [2.24, 2.45) is 0 Å². The number of aryl methyl sites for hydroxylation is 2. The number of hydrogen-bond donors (Lipinski definition) is 2. The molecule has 0 bridgehead atoms. The maximum atomic E-state index is 13.1. The van der Waals surface area contributed by atoms with Crippen LogP contribution in [0.2, 0.25) is 0 Å². The van der Waals surface area contributed by atoms with Crippen molar-refractivity contribution in [3.63, 3.8) is 0 Å². The van der Waals surface area contributed by atoms with Gasteiger partial charge in [0.05, 0.1) is 19.1 Å². The van der Waals surface area contributed by atoms with Gasteiger partial charge in [0.1, 0.15) is 11.6 Å². The first-order chi connectivity index (χ1) is 9.43. The van der Waals surface area contributed by atoms with E-state index in [1.54, 1.807) is 4.68 Å². The van der Waals surface area contributed by atoms with Gasteiger partial charge in [-0.05, 0) is 13.3 Å². The summed E-state index contributed by atoms with van der Waals surface area (Å²) < 4.78 is 27.9. The normalized spacial score (nSPS) is 28.1. The van der Waals surface area contributed by atoms with Crippen LogP contribution in [0.3, 0.4) is 0 Å². The number of hydrogen-bond acceptors (Lipinski definition) is 4. The molecule has 110 valence electrons. The molecule has 0 spiro atoms. The highest BCUT2D eigenvalue weighted by Gasteiger charge is 2.42. The largest absolute Gasteiger partial charge is 0.350 e. The van der Waals surface area contributed by atoms with E-state index in [1.165, 1.54) is 0 Å². The lowest BCUT2D eigenvalue weighted by Crippen LogP contribution is -2.48. The summed E-state index contributed by atoms with van der Waals surface area (Å²) >= 11 is 0. The Hall–Kier alpha value is -1.57. The van der Waals surface area contributed by atoms with E-state index in [0.717, 1.165) is 18.7 Å². The third-order valence-corrected chi connectivity index (χ3v) is 3.74. The maximum Gasteiger partial charge on any atom is 0.262 e. The molecule has 0 saturated carbocycles. The van der Waals surface area contributed by atoms with Gasteiger partial charge in [0.25, 0.3) is 5.92 Å². The third-order valence-electron chi connectivity index (χ3n) is 3.74. The van der Waals surface area contributed by atoms with Crippen molar-refractivity contribution in [3.8, 4) is 0 Å². The molecular formula is C12H17F2N5O. The summed E-state index contributed by atoms with van der Waals surface area (Å²) in [6.07, 6.45) is 1.06. The van der Waals surface area contributed by atoms with Crippen molar-refractivity contribution >= 4 is 5.91 Å². The molecule has 20 heavy (non-hydrogen) atoms. The van der Waals surface area contributed by atoms with Crippen LogP contribution in [-0.2, 0) is 17.8 Å². The molecule has 0 radical (unpaired) electrons. The lowest BCUT2D eigenvalue weighted by molar-refractivity contribution is -0.124. The highest BCUT2D eigenvalue weighted by Crippen LogP contribution is 2.25. The molecule has 8 heteroatoms. The zero-order chi connectivity index (χ0) is 14.3. The second-order valence-electron chi connectivity index (χ2n) is 5.50. The van der Waals surface area contributed by atoms with Crippen LogP contribution < -0.4 is 10.6 Å². The second-order valence-corrected chi connectivity index (χ2v) is 5.50. The number of rotatable bonds is 2. The topological polar surface area (TPSA) is 71.8 Å². The number of fused-ring (bicyclic) bond motifs is 1. The molecule has 2 aliphatic heterocycles. The van der Waals surface area contributed by atoms with E-state index in [1.807, 2.05) is 6.92 Å². The van der Waals surface area contributed by atoms with E-state index in [0.29, 0.717) is 12.4 Å². The van der Waals surface area contributed by atoms with Gasteiger partial charge in [0, 0.05) is 18.9 Å². The summed E-state index contributed by atoms with van der Waals surface area (Å²) in [5.74, 6) is -1.51. The average Bonchev–Trinajstić information content (AvgIpc) is 2.90. The highest BCUT2D eigenvalue weighted by atomic mass is 19.3. The number of aromatic nitrogens is 3. The standard InChI is InChI=1S/C12H17F2N5O/c1-7-16-10-3-2-8(5-19(10)18-7)17-11(20)9-4-12(13,14)6-15-9/h8-9,15H,2-6H2,1H3,(H,17,20). The number of halogens is 2. The molecule has 1 fully saturated rings. The van der Waals surface area contributed by atoms with Crippen molar-refractivity contribution in [2.45, 2.75) is 50.7 Å². The second kappa shape index (κ2) is 4.76. The molecule has 2 atom stereocenters. The van der Waals surface area contributed by atoms with Crippen molar-refractivity contribution < 1.29 is 13.6 Å². The minimum atomic E-state index is -2.79. The Morgan fingerprint density at radius 2 is 2.35 bits per heavy atom. The molecule has 1 amide bonds. The van der Waals surface area contributed by atoms with E-state index < -0.39 is 24.9 Å². The Labute approximate surface area is 114 Å². The van der Waals surface area contributed by atoms with Crippen molar-refractivity contribution in [3.05, 3.63) is 11.6 Å². The van der Waals surface area contributed by atoms with Crippen molar-refractivity contribution in [1.29, 1.82) is 0 Å². The van der Waals surface area contributed by atoms with Crippen molar-refractivity contribution in [2.75, 3.05) is 6.54 Å². The summed E-state index contributed by atoms with van der Waals surface area (Å²) in [5, 5.41) is 9.64. The van der Waals surface area contributed by atoms with E-state index >= 15 is 0 Å². The lowest BCUT2D eigenvalue weighted by Gasteiger charge is -2.24. The monoisotopic (exact) mass is 285 g/mol. The first-order valence-corrected chi connectivity index (χ1v) is 6.75. The quantitative estimate of drug-likeness (QED) is 0.803. The Morgan fingerprint density at radius 3 is 3.05 bits per heavy atom. The van der Waals surface area contributed by atoms with Gasteiger partial charge in [-0.1, -0.05) is 0 Å². The molecule has 2 N–H and O–H groups in total. The predicted molar refractivity (Wildman–Crippen MR) is 66.4 cm³/mol. The highest BCUT2D eigenvalue weighted by molar-refractivity contribution is 5.82. The van der Waals surface area contributed by atoms with E-state index in [-0.39, 0.29) is 11.9 Å². The van der Waals surface area contributed by atoms with Crippen LogP contribution in [0.4, 0.5) is 8.78 Å². The van der Waals surface area contributed by atoms with Gasteiger partial charge in [-0.25, -0.2) is 18.4 Å². The molecule has 0 aromatic carbocycles. The average molecular weight is 285 g/mol. The van der Waals surface area contributed by atoms with Gasteiger partial charge in [0.2, 0.25) is 5.91 Å². The predicted octanol–water partition coefficient (Wildman–Crippen LogP) is 0.0147. The van der Waals surface area contributed by atoms with Gasteiger partial charge >= 0.3 is 0 Å². The van der Waals surface area contributed by atoms with Crippen LogP contribution in [-0.4, -0.2) is 45.2 Å². The number of carbonyl (C=O) groups is 1. The van der Waals surface area contributed by atoms with Crippen LogP contribution in [0.15, 0.2) is 0 Å². The first-order valence-electron chi connectivity index (χ1n) is 6.75. The summed E-state index contributed by atoms with van der Waals surface area (Å²) in [4.78, 5) is 16.3. The number of nitrogens with zero attached hydrogens (tertiary/aromatic N) is 3. The summed E-state index contributed by atoms with van der Waals surface area (Å²) in [7, 11) is 0. The Morgan fingerprint density at radius 1 is 1.55 bits per heavy atom. The van der Waals surface area contributed by atoms with Crippen LogP contribution in [0.5, 0.6) is 0 Å². The number of amides is 1. The van der Waals surface area contributed by atoms with Crippen LogP contribution in [0.1, 0.15) is 24.5 Å². The van der Waals surface area contributed by atoms with E-state index in [9.17, 15) is 13.6 Å². The number of carbonyl (C=O) groups excluding carboxylic acids is 1. The fourth-order valence-corrected chi connectivity index (χ4v) is 2.75. The number of nitrogens with one attached hydrogen (secondary N) is 2. The molecule has 2 aliphatic rings. The molecule has 3 heterocycles. The van der Waals surface area contributed by atoms with Gasteiger partial charge in [-0.2, -0.15) is 5.10 Å². The summed E-state index contributed by atoms with van der Waals surface area (Å²) in [6.45, 7) is 1.94.